The first-order valence-corrected chi connectivity index (χ1v) is 14.4. The number of hydrogen-bond acceptors (Lipinski definition) is 6. The summed E-state index contributed by atoms with van der Waals surface area (Å²) in [6.45, 7) is 13.9. The molecule has 0 aromatic carbocycles. The topological polar surface area (TPSA) is 118 Å². The third-order valence-electron chi connectivity index (χ3n) is 13.2. The highest BCUT2D eigenvalue weighted by Crippen LogP contribution is 2.88. The molecule has 5 N–H and O–H groups in total. The van der Waals surface area contributed by atoms with Gasteiger partial charge in [-0.1, -0.05) is 34.6 Å². The van der Waals surface area contributed by atoms with E-state index in [-0.39, 0.29) is 51.1 Å². The van der Waals surface area contributed by atoms with Crippen LogP contribution >= 0.6 is 0 Å². The fraction of sp³-hybridized carbons (Fsp3) is 0.967. The van der Waals surface area contributed by atoms with E-state index in [1.165, 1.54) is 0 Å². The molecule has 0 bridgehead atoms. The van der Waals surface area contributed by atoms with Crippen LogP contribution in [0.2, 0.25) is 0 Å². The molecule has 0 saturated heterocycles. The summed E-state index contributed by atoms with van der Waals surface area (Å²) in [4.78, 5) is 12.9. The monoisotopic (exact) mass is 506 g/mol. The Morgan fingerprint density at radius 3 is 2.25 bits per heavy atom. The maximum Gasteiger partial charge on any atom is 0.138 e. The molecule has 0 amide bonds. The molecule has 5 aliphatic rings. The Morgan fingerprint density at radius 2 is 1.64 bits per heavy atom. The molecule has 36 heavy (non-hydrogen) atoms. The van der Waals surface area contributed by atoms with E-state index in [4.69, 9.17) is 0 Å². The average Bonchev–Trinajstić information content (AvgIpc) is 3.36. The smallest absolute Gasteiger partial charge is 0.138 e. The van der Waals surface area contributed by atoms with E-state index >= 15 is 0 Å². The first-order valence-electron chi connectivity index (χ1n) is 14.4. The number of fused-ring (bicyclic) bond motifs is 2. The number of aliphatic hydroxyl groups excluding tert-OH is 4. The highest BCUT2D eigenvalue weighted by atomic mass is 16.3. The first kappa shape index (κ1) is 27.1. The van der Waals surface area contributed by atoms with Crippen molar-refractivity contribution in [2.45, 2.75) is 130 Å². The lowest BCUT2D eigenvalue weighted by molar-refractivity contribution is -0.214. The lowest BCUT2D eigenvalue weighted by atomic mass is 9.40. The van der Waals surface area contributed by atoms with Crippen LogP contribution in [0, 0.1) is 50.7 Å². The number of carbonyl (C=O) groups excluding carboxylic acids is 1. The SMILES string of the molecule is C[C@H](CC[C@@H](O)C(C)(C)O)[C@@H]1[C@@H](O)C[C@@]2(C)[C@@H]3C[C@H](O)[C@H]4C(C)(C)C(=O)CC[C@@]45C[C@@]35[C@H](O)C[C@]12C. The van der Waals surface area contributed by atoms with Crippen LogP contribution in [0.5, 0.6) is 0 Å². The van der Waals surface area contributed by atoms with Gasteiger partial charge < -0.3 is 25.5 Å². The van der Waals surface area contributed by atoms with Gasteiger partial charge in [0.05, 0.1) is 30.0 Å². The Bertz CT molecular complexity index is 925. The van der Waals surface area contributed by atoms with Gasteiger partial charge in [-0.2, -0.15) is 0 Å². The molecule has 0 aromatic heterocycles. The van der Waals surface area contributed by atoms with Crippen molar-refractivity contribution in [2.75, 3.05) is 0 Å². The van der Waals surface area contributed by atoms with Crippen molar-refractivity contribution < 1.29 is 30.3 Å². The number of rotatable bonds is 5. The van der Waals surface area contributed by atoms with Gasteiger partial charge in [-0.05, 0) is 92.8 Å². The molecule has 5 aliphatic carbocycles. The van der Waals surface area contributed by atoms with Gasteiger partial charge in [-0.25, -0.2) is 0 Å². The van der Waals surface area contributed by atoms with Crippen molar-refractivity contribution in [3.63, 3.8) is 0 Å². The van der Waals surface area contributed by atoms with Crippen molar-refractivity contribution in [2.24, 2.45) is 50.7 Å². The second-order valence-corrected chi connectivity index (χ2v) is 15.4. The number of hydrogen-bond donors (Lipinski definition) is 5. The summed E-state index contributed by atoms with van der Waals surface area (Å²) in [7, 11) is 0. The van der Waals surface area contributed by atoms with Crippen molar-refractivity contribution in [1.82, 2.24) is 0 Å². The predicted molar refractivity (Wildman–Crippen MR) is 137 cm³/mol. The Morgan fingerprint density at radius 1 is 1.00 bits per heavy atom. The van der Waals surface area contributed by atoms with E-state index in [1.807, 2.05) is 13.8 Å². The molecule has 6 nitrogen and oxygen atoms in total. The minimum Gasteiger partial charge on any atom is -0.393 e. The molecule has 6 heteroatoms. The molecule has 12 atom stereocenters. The maximum absolute atomic E-state index is 12.9. The highest BCUT2D eigenvalue weighted by Gasteiger charge is 2.86. The molecule has 0 radical (unpaired) electrons. The molecule has 2 spiro atoms. The molecular weight excluding hydrogens is 456 g/mol. The Kier molecular flexibility index (Phi) is 5.84. The van der Waals surface area contributed by atoms with Crippen LogP contribution in [0.3, 0.4) is 0 Å². The Balaban J connectivity index is 1.48. The van der Waals surface area contributed by atoms with E-state index in [1.54, 1.807) is 13.8 Å². The van der Waals surface area contributed by atoms with Gasteiger partial charge >= 0.3 is 0 Å². The Hall–Kier alpha value is -0.530. The quantitative estimate of drug-likeness (QED) is 0.390. The van der Waals surface area contributed by atoms with Crippen LogP contribution in [0.1, 0.15) is 99.8 Å². The van der Waals surface area contributed by atoms with Crippen molar-refractivity contribution in [1.29, 1.82) is 0 Å². The van der Waals surface area contributed by atoms with E-state index < -0.39 is 35.4 Å². The van der Waals surface area contributed by atoms with Gasteiger partial charge in [0.2, 0.25) is 0 Å². The summed E-state index contributed by atoms with van der Waals surface area (Å²) >= 11 is 0. The normalized spacial score (nSPS) is 53.1. The van der Waals surface area contributed by atoms with E-state index in [0.29, 0.717) is 38.5 Å². The fourth-order valence-electron chi connectivity index (χ4n) is 11.3. The number of carbonyl (C=O) groups is 1. The molecule has 5 saturated carbocycles. The van der Waals surface area contributed by atoms with Crippen molar-refractivity contribution in [3.8, 4) is 0 Å². The largest absolute Gasteiger partial charge is 0.393 e. The van der Waals surface area contributed by atoms with Crippen LogP contribution in [-0.4, -0.2) is 61.3 Å². The maximum atomic E-state index is 12.9. The summed E-state index contributed by atoms with van der Waals surface area (Å²) in [6, 6.07) is 0. The van der Waals surface area contributed by atoms with Gasteiger partial charge in [0.25, 0.3) is 0 Å². The number of Topliss-reactive ketones (excluding diaryl/α,β-unsaturated/α-hetero) is 1. The standard InChI is InChI=1S/C30H50O6/c1-16(8-9-21(34)26(4,5)36)23-18(32)13-27(6)19-12-17(31)24-25(2,3)20(33)10-11-29(24)15-30(19,29)22(35)14-28(23,27)7/h16-19,21-24,31-32,34-36H,8-15H2,1-7H3/t16-,17+,18+,19+,21-,22-,23-,24+,27+,28-,29-,30+/m1/s1. The molecule has 5 rings (SSSR count). The van der Waals surface area contributed by atoms with Crippen molar-refractivity contribution >= 4 is 5.78 Å². The van der Waals surface area contributed by atoms with Gasteiger partial charge in [-0.3, -0.25) is 4.79 Å². The van der Waals surface area contributed by atoms with E-state index in [0.717, 1.165) is 12.8 Å². The van der Waals surface area contributed by atoms with Gasteiger partial charge in [0, 0.05) is 23.2 Å². The number of aliphatic hydroxyl groups is 5. The van der Waals surface area contributed by atoms with Crippen LogP contribution in [-0.2, 0) is 4.79 Å². The van der Waals surface area contributed by atoms with Crippen molar-refractivity contribution in [3.05, 3.63) is 0 Å². The van der Waals surface area contributed by atoms with Gasteiger partial charge in [0.1, 0.15) is 5.78 Å². The molecule has 0 unspecified atom stereocenters. The molecule has 0 heterocycles. The second-order valence-electron chi connectivity index (χ2n) is 15.4. The molecule has 0 aromatic rings. The highest BCUT2D eigenvalue weighted by molar-refractivity contribution is 5.86. The van der Waals surface area contributed by atoms with E-state index in [2.05, 4.69) is 20.8 Å². The molecular formula is C30H50O6. The zero-order valence-corrected chi connectivity index (χ0v) is 23.4. The lowest BCUT2D eigenvalue weighted by Crippen LogP contribution is -2.64. The Labute approximate surface area is 216 Å². The van der Waals surface area contributed by atoms with Crippen LogP contribution in [0.25, 0.3) is 0 Å². The summed E-state index contributed by atoms with van der Waals surface area (Å²) in [5.41, 5.74) is -2.76. The predicted octanol–water partition coefficient (Wildman–Crippen LogP) is 3.46. The summed E-state index contributed by atoms with van der Waals surface area (Å²) in [6.07, 6.45) is 2.75. The lowest BCUT2D eigenvalue weighted by Gasteiger charge is -2.64. The fourth-order valence-corrected chi connectivity index (χ4v) is 11.3. The summed E-state index contributed by atoms with van der Waals surface area (Å²) < 4.78 is 0. The van der Waals surface area contributed by atoms with Gasteiger partial charge in [-0.15, -0.1) is 0 Å². The van der Waals surface area contributed by atoms with Crippen LogP contribution < -0.4 is 0 Å². The minimum atomic E-state index is -1.16. The van der Waals surface area contributed by atoms with Gasteiger partial charge in [0.15, 0.2) is 0 Å². The summed E-state index contributed by atoms with van der Waals surface area (Å²) in [5, 5.41) is 55.7. The third-order valence-corrected chi connectivity index (χ3v) is 13.2. The zero-order valence-electron chi connectivity index (χ0n) is 23.4. The molecule has 5 fully saturated rings. The molecule has 0 aliphatic heterocycles. The minimum absolute atomic E-state index is 0.0301. The van der Waals surface area contributed by atoms with Crippen LogP contribution in [0.4, 0.5) is 0 Å². The van der Waals surface area contributed by atoms with Crippen LogP contribution in [0.15, 0.2) is 0 Å². The second kappa shape index (κ2) is 7.78. The third kappa shape index (κ3) is 3.11. The summed E-state index contributed by atoms with van der Waals surface area (Å²) in [5.74, 6) is 0.304. The zero-order chi connectivity index (χ0) is 26.9. The first-order chi connectivity index (χ1) is 16.4. The number of ketones is 1. The van der Waals surface area contributed by atoms with E-state index in [9.17, 15) is 30.3 Å². The molecule has 206 valence electrons. The average molecular weight is 507 g/mol.